The van der Waals surface area contributed by atoms with Gasteiger partial charge in [0, 0.05) is 26.2 Å². The fourth-order valence-corrected chi connectivity index (χ4v) is 4.93. The van der Waals surface area contributed by atoms with Gasteiger partial charge in [-0.2, -0.15) is 0 Å². The second-order valence-electron chi connectivity index (χ2n) is 6.88. The van der Waals surface area contributed by atoms with E-state index in [-0.39, 0.29) is 12.3 Å². The number of hydrogen-bond acceptors (Lipinski definition) is 8. The predicted molar refractivity (Wildman–Crippen MR) is 114 cm³/mol. The van der Waals surface area contributed by atoms with Gasteiger partial charge < -0.3 is 14.2 Å². The van der Waals surface area contributed by atoms with Gasteiger partial charge in [0.05, 0.1) is 22.4 Å². The van der Waals surface area contributed by atoms with Crippen LogP contribution in [0.1, 0.15) is 11.5 Å². The van der Waals surface area contributed by atoms with Crippen molar-refractivity contribution in [3.05, 3.63) is 46.7 Å². The van der Waals surface area contributed by atoms with Crippen molar-refractivity contribution in [3.8, 4) is 10.8 Å². The highest BCUT2D eigenvalue weighted by Gasteiger charge is 2.25. The maximum Gasteiger partial charge on any atom is 0.236 e. The number of piperazine rings is 1. The highest BCUT2D eigenvalue weighted by Crippen LogP contribution is 2.28. The first-order chi connectivity index (χ1) is 14.2. The maximum absolute atomic E-state index is 12.8. The fourth-order valence-electron chi connectivity index (χ4n) is 3.55. The highest BCUT2D eigenvalue weighted by molar-refractivity contribution is 7.16. The Kier molecular flexibility index (Phi) is 4.76. The summed E-state index contributed by atoms with van der Waals surface area (Å²) in [5.74, 6) is 2.34. The second-order valence-corrected chi connectivity index (χ2v) is 8.72. The SMILES string of the molecule is Cc1oc(-c2cccs2)nc1CC(=O)N1CCN(c2ncnc3sccc23)CC1. The van der Waals surface area contributed by atoms with Crippen molar-refractivity contribution >= 4 is 44.6 Å². The number of hydrogen-bond donors (Lipinski definition) is 0. The summed E-state index contributed by atoms with van der Waals surface area (Å²) in [4.78, 5) is 32.3. The van der Waals surface area contributed by atoms with E-state index in [1.807, 2.05) is 34.7 Å². The van der Waals surface area contributed by atoms with E-state index in [2.05, 4.69) is 25.9 Å². The molecule has 0 aliphatic carbocycles. The van der Waals surface area contributed by atoms with Crippen molar-refractivity contribution in [1.82, 2.24) is 19.9 Å². The molecule has 0 aromatic carbocycles. The molecular weight excluding hydrogens is 406 g/mol. The van der Waals surface area contributed by atoms with Gasteiger partial charge in [0.1, 0.15) is 22.7 Å². The van der Waals surface area contributed by atoms with Crippen LogP contribution in [-0.2, 0) is 11.2 Å². The third-order valence-corrected chi connectivity index (χ3v) is 6.79. The van der Waals surface area contributed by atoms with Gasteiger partial charge in [0.2, 0.25) is 11.8 Å². The summed E-state index contributed by atoms with van der Waals surface area (Å²) < 4.78 is 5.76. The molecule has 1 amide bonds. The van der Waals surface area contributed by atoms with Crippen LogP contribution in [0, 0.1) is 6.92 Å². The van der Waals surface area contributed by atoms with E-state index in [0.29, 0.717) is 24.7 Å². The van der Waals surface area contributed by atoms with E-state index in [0.717, 1.165) is 39.7 Å². The molecule has 1 aliphatic rings. The van der Waals surface area contributed by atoms with Crippen LogP contribution in [0.4, 0.5) is 5.82 Å². The van der Waals surface area contributed by atoms with Crippen molar-refractivity contribution in [3.63, 3.8) is 0 Å². The van der Waals surface area contributed by atoms with Gasteiger partial charge in [0.15, 0.2) is 0 Å². The molecule has 7 nitrogen and oxygen atoms in total. The van der Waals surface area contributed by atoms with Crippen LogP contribution in [0.15, 0.2) is 39.7 Å². The zero-order valence-corrected chi connectivity index (χ0v) is 17.5. The van der Waals surface area contributed by atoms with E-state index in [4.69, 9.17) is 4.42 Å². The van der Waals surface area contributed by atoms with Crippen molar-refractivity contribution in [2.45, 2.75) is 13.3 Å². The van der Waals surface area contributed by atoms with E-state index in [9.17, 15) is 4.79 Å². The van der Waals surface area contributed by atoms with Gasteiger partial charge in [-0.3, -0.25) is 4.79 Å². The molecule has 29 heavy (non-hydrogen) atoms. The molecule has 9 heteroatoms. The van der Waals surface area contributed by atoms with Gasteiger partial charge in [-0.15, -0.1) is 22.7 Å². The molecule has 148 valence electrons. The Morgan fingerprint density at radius 1 is 1.14 bits per heavy atom. The molecule has 5 heterocycles. The van der Waals surface area contributed by atoms with Gasteiger partial charge in [-0.1, -0.05) is 6.07 Å². The largest absolute Gasteiger partial charge is 0.440 e. The third kappa shape index (κ3) is 3.51. The van der Waals surface area contributed by atoms with Gasteiger partial charge in [-0.05, 0) is 29.8 Å². The minimum absolute atomic E-state index is 0.0853. The number of rotatable bonds is 4. The summed E-state index contributed by atoms with van der Waals surface area (Å²) >= 11 is 3.19. The zero-order valence-electron chi connectivity index (χ0n) is 15.9. The fraction of sp³-hybridized carbons (Fsp3) is 0.300. The molecule has 0 unspecified atom stereocenters. The molecule has 0 radical (unpaired) electrons. The van der Waals surface area contributed by atoms with E-state index in [1.165, 1.54) is 0 Å². The van der Waals surface area contributed by atoms with E-state index in [1.54, 1.807) is 29.0 Å². The average molecular weight is 426 g/mol. The van der Waals surface area contributed by atoms with Crippen LogP contribution < -0.4 is 4.90 Å². The lowest BCUT2D eigenvalue weighted by atomic mass is 10.2. The number of carbonyl (C=O) groups is 1. The normalized spacial score (nSPS) is 14.7. The highest BCUT2D eigenvalue weighted by atomic mass is 32.1. The maximum atomic E-state index is 12.8. The number of aryl methyl sites for hydroxylation is 1. The Balaban J connectivity index is 1.24. The second kappa shape index (κ2) is 7.57. The molecule has 0 bridgehead atoms. The quantitative estimate of drug-likeness (QED) is 0.497. The predicted octanol–water partition coefficient (Wildman–Crippen LogP) is 3.61. The lowest BCUT2D eigenvalue weighted by Crippen LogP contribution is -2.49. The third-order valence-electron chi connectivity index (χ3n) is 5.12. The Labute approximate surface area is 175 Å². The summed E-state index contributed by atoms with van der Waals surface area (Å²) in [6.07, 6.45) is 1.88. The van der Waals surface area contributed by atoms with Gasteiger partial charge in [0.25, 0.3) is 0 Å². The van der Waals surface area contributed by atoms with Crippen LogP contribution in [0.3, 0.4) is 0 Å². The Hall–Kier alpha value is -2.78. The van der Waals surface area contributed by atoms with Crippen molar-refractivity contribution in [1.29, 1.82) is 0 Å². The molecule has 0 spiro atoms. The molecule has 0 saturated carbocycles. The lowest BCUT2D eigenvalue weighted by Gasteiger charge is -2.35. The first kappa shape index (κ1) is 18.3. The standard InChI is InChI=1S/C20H19N5O2S2/c1-13-15(23-19(27-13)16-3-2-9-28-16)11-17(26)24-5-7-25(8-6-24)18-14-4-10-29-20(14)22-12-21-18/h2-4,9-10,12H,5-8,11H2,1H3. The van der Waals surface area contributed by atoms with E-state index < -0.39 is 0 Å². The molecule has 1 saturated heterocycles. The van der Waals surface area contributed by atoms with Gasteiger partial charge in [-0.25, -0.2) is 15.0 Å². The summed E-state index contributed by atoms with van der Waals surface area (Å²) in [6.45, 7) is 4.72. The Morgan fingerprint density at radius 3 is 2.79 bits per heavy atom. The summed E-state index contributed by atoms with van der Waals surface area (Å²) in [6, 6.07) is 6.00. The first-order valence-corrected chi connectivity index (χ1v) is 11.2. The molecule has 1 fully saturated rings. The number of amides is 1. The minimum atomic E-state index is 0.0853. The summed E-state index contributed by atoms with van der Waals surface area (Å²) in [5.41, 5.74) is 0.719. The van der Waals surface area contributed by atoms with Crippen LogP contribution >= 0.6 is 22.7 Å². The summed E-state index contributed by atoms with van der Waals surface area (Å²) in [5, 5.41) is 5.10. The van der Waals surface area contributed by atoms with Crippen LogP contribution in [0.25, 0.3) is 21.0 Å². The van der Waals surface area contributed by atoms with Crippen molar-refractivity contribution < 1.29 is 9.21 Å². The molecule has 4 aromatic rings. The number of anilines is 1. The Bertz CT molecular complexity index is 1140. The number of fused-ring (bicyclic) bond motifs is 1. The topological polar surface area (TPSA) is 75.4 Å². The first-order valence-electron chi connectivity index (χ1n) is 9.40. The molecule has 0 atom stereocenters. The average Bonchev–Trinajstić information content (AvgIpc) is 3.49. The number of thiophene rings is 2. The van der Waals surface area contributed by atoms with E-state index >= 15 is 0 Å². The van der Waals surface area contributed by atoms with Crippen molar-refractivity contribution in [2.24, 2.45) is 0 Å². The number of aromatic nitrogens is 3. The number of nitrogens with zero attached hydrogens (tertiary/aromatic N) is 5. The smallest absolute Gasteiger partial charge is 0.236 e. The molecular formula is C20H19N5O2S2. The van der Waals surface area contributed by atoms with Crippen LogP contribution in [-0.4, -0.2) is 51.9 Å². The minimum Gasteiger partial charge on any atom is -0.440 e. The van der Waals surface area contributed by atoms with Gasteiger partial charge >= 0.3 is 0 Å². The van der Waals surface area contributed by atoms with Crippen LogP contribution in [0.5, 0.6) is 0 Å². The Morgan fingerprint density at radius 2 is 2.00 bits per heavy atom. The zero-order chi connectivity index (χ0) is 19.8. The number of carbonyl (C=O) groups excluding carboxylic acids is 1. The monoisotopic (exact) mass is 425 g/mol. The molecule has 5 rings (SSSR count). The lowest BCUT2D eigenvalue weighted by molar-refractivity contribution is -0.130. The van der Waals surface area contributed by atoms with Crippen molar-refractivity contribution in [2.75, 3.05) is 31.1 Å². The van der Waals surface area contributed by atoms with Crippen LogP contribution in [0.2, 0.25) is 0 Å². The molecule has 1 aliphatic heterocycles. The summed E-state index contributed by atoms with van der Waals surface area (Å²) in [7, 11) is 0. The number of oxazole rings is 1. The molecule has 4 aromatic heterocycles. The molecule has 0 N–H and O–H groups in total.